The van der Waals surface area contributed by atoms with Crippen LogP contribution in [0.4, 0.5) is 0 Å². The molecule has 1 aromatic carbocycles. The number of rotatable bonds is 6. The van der Waals surface area contributed by atoms with Gasteiger partial charge in [0.25, 0.3) is 0 Å². The molecule has 1 amide bonds. The average molecular weight is 349 g/mol. The molecular weight excluding hydrogens is 326 g/mol. The van der Waals surface area contributed by atoms with E-state index >= 15 is 0 Å². The molecule has 1 saturated carbocycles. The zero-order valence-electron chi connectivity index (χ0n) is 15.2. The SMILES string of the molecule is COc1ccc2[nH]cc(C3(C(=O)N(C)CCc4ccncc4)CC3)c2c1. The van der Waals surface area contributed by atoms with Gasteiger partial charge < -0.3 is 14.6 Å². The van der Waals surface area contributed by atoms with Crippen LogP contribution in [0.1, 0.15) is 24.0 Å². The van der Waals surface area contributed by atoms with Gasteiger partial charge >= 0.3 is 0 Å². The van der Waals surface area contributed by atoms with Crippen molar-refractivity contribution in [1.82, 2.24) is 14.9 Å². The summed E-state index contributed by atoms with van der Waals surface area (Å²) in [6, 6.07) is 9.95. The standard InChI is InChI=1S/C21H23N3O2/c1-24(12-7-15-5-10-22-11-6-15)20(25)21(8-9-21)18-14-23-19-4-3-16(26-2)13-17(18)19/h3-6,10-11,13-14,23H,7-9,12H2,1-2H3. The lowest BCUT2D eigenvalue weighted by Crippen LogP contribution is -2.37. The smallest absolute Gasteiger partial charge is 0.233 e. The number of likely N-dealkylation sites (N-methyl/N-ethyl adjacent to an activating group) is 1. The van der Waals surface area contributed by atoms with E-state index in [1.54, 1.807) is 19.5 Å². The Hall–Kier alpha value is -2.82. The molecule has 0 spiro atoms. The molecule has 134 valence electrons. The number of aromatic nitrogens is 2. The van der Waals surface area contributed by atoms with Crippen LogP contribution in [0.3, 0.4) is 0 Å². The summed E-state index contributed by atoms with van der Waals surface area (Å²) in [5.41, 5.74) is 2.94. The normalized spacial score (nSPS) is 15.0. The molecule has 26 heavy (non-hydrogen) atoms. The molecular formula is C21H23N3O2. The van der Waals surface area contributed by atoms with Gasteiger partial charge in [-0.1, -0.05) is 0 Å². The summed E-state index contributed by atoms with van der Waals surface area (Å²) in [7, 11) is 3.57. The van der Waals surface area contributed by atoms with E-state index in [0.717, 1.165) is 41.5 Å². The average Bonchev–Trinajstić information content (AvgIpc) is 3.38. The Kier molecular flexibility index (Phi) is 4.15. The number of carbonyl (C=O) groups excluding carboxylic acids is 1. The van der Waals surface area contributed by atoms with Crippen molar-refractivity contribution in [2.75, 3.05) is 20.7 Å². The minimum atomic E-state index is -0.391. The molecule has 4 rings (SSSR count). The minimum Gasteiger partial charge on any atom is -0.497 e. The highest BCUT2D eigenvalue weighted by atomic mass is 16.5. The van der Waals surface area contributed by atoms with Crippen molar-refractivity contribution in [1.29, 1.82) is 0 Å². The van der Waals surface area contributed by atoms with E-state index in [4.69, 9.17) is 4.74 Å². The number of carbonyl (C=O) groups is 1. The van der Waals surface area contributed by atoms with Crippen molar-refractivity contribution in [3.63, 3.8) is 0 Å². The molecule has 0 radical (unpaired) electrons. The fourth-order valence-corrected chi connectivity index (χ4v) is 3.66. The Morgan fingerprint density at radius 1 is 1.27 bits per heavy atom. The van der Waals surface area contributed by atoms with Crippen LogP contribution < -0.4 is 4.74 Å². The largest absolute Gasteiger partial charge is 0.497 e. The molecule has 1 N–H and O–H groups in total. The quantitative estimate of drug-likeness (QED) is 0.743. The molecule has 5 heteroatoms. The summed E-state index contributed by atoms with van der Waals surface area (Å²) < 4.78 is 5.36. The number of nitrogens with zero attached hydrogens (tertiary/aromatic N) is 2. The van der Waals surface area contributed by atoms with Gasteiger partial charge in [-0.05, 0) is 60.7 Å². The van der Waals surface area contributed by atoms with Crippen molar-refractivity contribution in [2.45, 2.75) is 24.7 Å². The number of fused-ring (bicyclic) bond motifs is 1. The summed E-state index contributed by atoms with van der Waals surface area (Å²) in [4.78, 5) is 22.4. The van der Waals surface area contributed by atoms with Crippen LogP contribution in [0.5, 0.6) is 5.75 Å². The molecule has 0 atom stereocenters. The lowest BCUT2D eigenvalue weighted by atomic mass is 9.93. The fourth-order valence-electron chi connectivity index (χ4n) is 3.66. The van der Waals surface area contributed by atoms with Crippen LogP contribution in [0.2, 0.25) is 0 Å². The van der Waals surface area contributed by atoms with Crippen LogP contribution in [-0.2, 0) is 16.6 Å². The predicted molar refractivity (Wildman–Crippen MR) is 101 cm³/mol. The molecule has 0 saturated heterocycles. The lowest BCUT2D eigenvalue weighted by Gasteiger charge is -2.23. The van der Waals surface area contributed by atoms with E-state index in [9.17, 15) is 4.79 Å². The van der Waals surface area contributed by atoms with Crippen LogP contribution in [-0.4, -0.2) is 41.5 Å². The molecule has 0 aliphatic heterocycles. The number of H-pyrrole nitrogens is 1. The number of ether oxygens (including phenoxy) is 1. The number of hydrogen-bond acceptors (Lipinski definition) is 3. The van der Waals surface area contributed by atoms with E-state index in [0.29, 0.717) is 6.54 Å². The third-order valence-electron chi connectivity index (χ3n) is 5.40. The van der Waals surface area contributed by atoms with Crippen LogP contribution >= 0.6 is 0 Å². The molecule has 1 aliphatic carbocycles. The van der Waals surface area contributed by atoms with Crippen molar-refractivity contribution in [3.05, 3.63) is 60.0 Å². The third kappa shape index (κ3) is 2.83. The second-order valence-electron chi connectivity index (χ2n) is 7.03. The van der Waals surface area contributed by atoms with Gasteiger partial charge in [-0.3, -0.25) is 9.78 Å². The predicted octanol–water partition coefficient (Wildman–Crippen LogP) is 3.30. The first kappa shape index (κ1) is 16.6. The van der Waals surface area contributed by atoms with Crippen molar-refractivity contribution >= 4 is 16.8 Å². The lowest BCUT2D eigenvalue weighted by molar-refractivity contribution is -0.132. The fraction of sp³-hybridized carbons (Fsp3) is 0.333. The topological polar surface area (TPSA) is 58.2 Å². The Morgan fingerprint density at radius 3 is 2.73 bits per heavy atom. The number of nitrogens with one attached hydrogen (secondary N) is 1. The van der Waals surface area contributed by atoms with Crippen molar-refractivity contribution < 1.29 is 9.53 Å². The first-order chi connectivity index (χ1) is 12.6. The van der Waals surface area contributed by atoms with Gasteiger partial charge in [0.1, 0.15) is 5.75 Å². The number of methoxy groups -OCH3 is 1. The molecule has 2 aromatic heterocycles. The molecule has 1 fully saturated rings. The second-order valence-corrected chi connectivity index (χ2v) is 7.03. The highest BCUT2D eigenvalue weighted by molar-refractivity contribution is 5.97. The number of aromatic amines is 1. The number of benzene rings is 1. The summed E-state index contributed by atoms with van der Waals surface area (Å²) >= 11 is 0. The first-order valence-corrected chi connectivity index (χ1v) is 8.94. The zero-order chi connectivity index (χ0) is 18.1. The molecule has 5 nitrogen and oxygen atoms in total. The van der Waals surface area contributed by atoms with E-state index < -0.39 is 5.41 Å². The molecule has 0 unspecified atom stereocenters. The van der Waals surface area contributed by atoms with E-state index in [1.165, 1.54) is 5.56 Å². The molecule has 0 bridgehead atoms. The minimum absolute atomic E-state index is 0.204. The molecule has 2 heterocycles. The van der Waals surface area contributed by atoms with Crippen molar-refractivity contribution in [3.8, 4) is 5.75 Å². The maximum Gasteiger partial charge on any atom is 0.233 e. The van der Waals surface area contributed by atoms with Gasteiger partial charge in [-0.2, -0.15) is 0 Å². The van der Waals surface area contributed by atoms with Crippen molar-refractivity contribution in [2.24, 2.45) is 0 Å². The van der Waals surface area contributed by atoms with Gasteiger partial charge in [-0.25, -0.2) is 0 Å². The Balaban J connectivity index is 1.55. The molecule has 1 aliphatic rings. The Morgan fingerprint density at radius 2 is 2.04 bits per heavy atom. The van der Waals surface area contributed by atoms with Gasteiger partial charge in [0.05, 0.1) is 12.5 Å². The monoisotopic (exact) mass is 349 g/mol. The van der Waals surface area contributed by atoms with Gasteiger partial charge in [0, 0.05) is 43.1 Å². The van der Waals surface area contributed by atoms with Crippen LogP contribution in [0.15, 0.2) is 48.9 Å². The maximum atomic E-state index is 13.2. The number of amides is 1. The maximum absolute atomic E-state index is 13.2. The summed E-state index contributed by atoms with van der Waals surface area (Å²) in [6.07, 6.45) is 8.21. The third-order valence-corrected chi connectivity index (χ3v) is 5.40. The highest BCUT2D eigenvalue weighted by Gasteiger charge is 2.53. The van der Waals surface area contributed by atoms with Crippen LogP contribution in [0.25, 0.3) is 10.9 Å². The zero-order valence-corrected chi connectivity index (χ0v) is 15.2. The molecule has 3 aromatic rings. The van der Waals surface area contributed by atoms with E-state index in [-0.39, 0.29) is 5.91 Å². The second kappa shape index (κ2) is 6.48. The van der Waals surface area contributed by atoms with Gasteiger partial charge in [0.15, 0.2) is 0 Å². The summed E-state index contributed by atoms with van der Waals surface area (Å²) in [5.74, 6) is 1.02. The van der Waals surface area contributed by atoms with E-state index in [1.807, 2.05) is 48.5 Å². The van der Waals surface area contributed by atoms with Crippen LogP contribution in [0, 0.1) is 0 Å². The summed E-state index contributed by atoms with van der Waals surface area (Å²) in [5, 5.41) is 1.08. The van der Waals surface area contributed by atoms with E-state index in [2.05, 4.69) is 9.97 Å². The Bertz CT molecular complexity index is 929. The Labute approximate surface area is 153 Å². The van der Waals surface area contributed by atoms with Gasteiger partial charge in [0.2, 0.25) is 5.91 Å². The van der Waals surface area contributed by atoms with Gasteiger partial charge in [-0.15, -0.1) is 0 Å². The number of pyridine rings is 1. The highest BCUT2D eigenvalue weighted by Crippen LogP contribution is 2.51. The first-order valence-electron chi connectivity index (χ1n) is 8.94. The number of hydrogen-bond donors (Lipinski definition) is 1. The summed E-state index contributed by atoms with van der Waals surface area (Å²) in [6.45, 7) is 0.705.